The van der Waals surface area contributed by atoms with E-state index in [4.69, 9.17) is 0 Å². The summed E-state index contributed by atoms with van der Waals surface area (Å²) in [5.41, 5.74) is 1.84. The Morgan fingerprint density at radius 1 is 1.10 bits per heavy atom. The smallest absolute Gasteiger partial charge is 0.255 e. The van der Waals surface area contributed by atoms with Crippen LogP contribution in [0, 0.1) is 0 Å². The van der Waals surface area contributed by atoms with E-state index in [-0.39, 0.29) is 28.4 Å². The highest BCUT2D eigenvalue weighted by Gasteiger charge is 2.31. The van der Waals surface area contributed by atoms with Crippen molar-refractivity contribution in [2.45, 2.75) is 31.2 Å². The van der Waals surface area contributed by atoms with Crippen LogP contribution in [0.3, 0.4) is 0 Å². The van der Waals surface area contributed by atoms with Crippen molar-refractivity contribution in [3.63, 3.8) is 0 Å². The molecular formula is C21H27N3O5S2. The van der Waals surface area contributed by atoms with Crippen LogP contribution in [0.2, 0.25) is 0 Å². The number of sulfonamides is 1. The van der Waals surface area contributed by atoms with Crippen LogP contribution in [0.1, 0.15) is 30.6 Å². The topological polar surface area (TPSA) is 113 Å². The van der Waals surface area contributed by atoms with Gasteiger partial charge in [0.05, 0.1) is 16.4 Å². The molecule has 1 heterocycles. The van der Waals surface area contributed by atoms with Crippen molar-refractivity contribution in [3.05, 3.63) is 54.1 Å². The SMILES string of the molecule is CCN(CC)c1ccc(NC(=O)c2cccc(S(=O)(=O)NC3CCS(=O)(=O)C3)c2)cc1. The fourth-order valence-electron chi connectivity index (χ4n) is 3.53. The van der Waals surface area contributed by atoms with E-state index >= 15 is 0 Å². The van der Waals surface area contributed by atoms with Crippen LogP contribution >= 0.6 is 0 Å². The molecule has 3 rings (SSSR count). The van der Waals surface area contributed by atoms with Crippen LogP contribution in [-0.2, 0) is 19.9 Å². The van der Waals surface area contributed by atoms with Gasteiger partial charge in [0.15, 0.2) is 9.84 Å². The Bertz CT molecular complexity index is 1140. The highest BCUT2D eigenvalue weighted by molar-refractivity contribution is 7.92. The third-order valence-corrected chi connectivity index (χ3v) is 8.50. The molecule has 1 aliphatic rings. The first-order valence-electron chi connectivity index (χ1n) is 10.1. The number of hydrogen-bond acceptors (Lipinski definition) is 6. The maximum absolute atomic E-state index is 12.6. The summed E-state index contributed by atoms with van der Waals surface area (Å²) < 4.78 is 50.9. The van der Waals surface area contributed by atoms with Gasteiger partial charge in [-0.25, -0.2) is 21.6 Å². The Labute approximate surface area is 183 Å². The number of carbonyl (C=O) groups is 1. The third-order valence-electron chi connectivity index (χ3n) is 5.21. The molecule has 1 aliphatic heterocycles. The summed E-state index contributed by atoms with van der Waals surface area (Å²) in [6.45, 7) is 5.90. The molecule has 0 saturated carbocycles. The van der Waals surface area contributed by atoms with Gasteiger partial charge < -0.3 is 10.2 Å². The summed E-state index contributed by atoms with van der Waals surface area (Å²) >= 11 is 0. The van der Waals surface area contributed by atoms with Crippen molar-refractivity contribution in [1.29, 1.82) is 0 Å². The lowest BCUT2D eigenvalue weighted by molar-refractivity contribution is 0.102. The molecule has 0 radical (unpaired) electrons. The highest BCUT2D eigenvalue weighted by atomic mass is 32.2. The Kier molecular flexibility index (Phi) is 7.03. The Balaban J connectivity index is 1.71. The van der Waals surface area contributed by atoms with Gasteiger partial charge in [-0.15, -0.1) is 0 Å². The van der Waals surface area contributed by atoms with Crippen molar-refractivity contribution >= 4 is 37.1 Å². The van der Waals surface area contributed by atoms with E-state index in [2.05, 4.69) is 28.8 Å². The van der Waals surface area contributed by atoms with Gasteiger partial charge in [-0.3, -0.25) is 4.79 Å². The Hall–Kier alpha value is -2.43. The molecule has 31 heavy (non-hydrogen) atoms. The number of nitrogens with zero attached hydrogens (tertiary/aromatic N) is 1. The fourth-order valence-corrected chi connectivity index (χ4v) is 6.62. The molecule has 1 saturated heterocycles. The number of amides is 1. The molecule has 2 aromatic carbocycles. The molecule has 8 nitrogen and oxygen atoms in total. The zero-order chi connectivity index (χ0) is 22.6. The van der Waals surface area contributed by atoms with Crippen molar-refractivity contribution in [2.75, 3.05) is 34.8 Å². The van der Waals surface area contributed by atoms with Crippen molar-refractivity contribution in [1.82, 2.24) is 4.72 Å². The number of hydrogen-bond donors (Lipinski definition) is 2. The van der Waals surface area contributed by atoms with Crippen LogP contribution in [0.5, 0.6) is 0 Å². The van der Waals surface area contributed by atoms with Crippen molar-refractivity contribution < 1.29 is 21.6 Å². The Morgan fingerprint density at radius 2 is 1.77 bits per heavy atom. The summed E-state index contributed by atoms with van der Waals surface area (Å²) in [6.07, 6.45) is 0.241. The van der Waals surface area contributed by atoms with Crippen molar-refractivity contribution in [3.8, 4) is 0 Å². The second kappa shape index (κ2) is 9.37. The van der Waals surface area contributed by atoms with Gasteiger partial charge in [0, 0.05) is 36.1 Å². The number of benzene rings is 2. The minimum atomic E-state index is -3.94. The standard InChI is InChI=1S/C21H27N3O5S2/c1-3-24(4-2)19-10-8-17(9-11-19)22-21(25)16-6-5-7-20(14-16)31(28,29)23-18-12-13-30(26,27)15-18/h5-11,14,18,23H,3-4,12-13,15H2,1-2H3,(H,22,25). The first kappa shape index (κ1) is 23.2. The molecule has 0 aliphatic carbocycles. The number of anilines is 2. The van der Waals surface area contributed by atoms with Crippen LogP contribution in [0.4, 0.5) is 11.4 Å². The molecule has 0 aromatic heterocycles. The van der Waals surface area contributed by atoms with Gasteiger partial charge in [-0.2, -0.15) is 0 Å². The van der Waals surface area contributed by atoms with E-state index in [1.165, 1.54) is 24.3 Å². The predicted molar refractivity (Wildman–Crippen MR) is 122 cm³/mol. The molecule has 1 amide bonds. The fraction of sp³-hybridized carbons (Fsp3) is 0.381. The minimum Gasteiger partial charge on any atom is -0.372 e. The molecule has 0 spiro atoms. The average molecular weight is 466 g/mol. The first-order chi connectivity index (χ1) is 14.6. The molecule has 2 N–H and O–H groups in total. The largest absolute Gasteiger partial charge is 0.372 e. The van der Waals surface area contributed by atoms with E-state index in [0.717, 1.165) is 18.8 Å². The van der Waals surface area contributed by atoms with Crippen LogP contribution in [-0.4, -0.2) is 53.4 Å². The molecule has 1 unspecified atom stereocenters. The van der Waals surface area contributed by atoms with Gasteiger partial charge in [0.25, 0.3) is 5.91 Å². The zero-order valence-corrected chi connectivity index (χ0v) is 19.2. The zero-order valence-electron chi connectivity index (χ0n) is 17.5. The molecular weight excluding hydrogens is 438 g/mol. The van der Waals surface area contributed by atoms with Crippen LogP contribution in [0.25, 0.3) is 0 Å². The average Bonchev–Trinajstić information content (AvgIpc) is 3.07. The second-order valence-corrected chi connectivity index (χ2v) is 11.4. The molecule has 1 fully saturated rings. The lowest BCUT2D eigenvalue weighted by Gasteiger charge is -2.21. The minimum absolute atomic E-state index is 0.0320. The first-order valence-corrected chi connectivity index (χ1v) is 13.4. The second-order valence-electron chi connectivity index (χ2n) is 7.42. The van der Waals surface area contributed by atoms with E-state index in [1.807, 2.05) is 12.1 Å². The number of nitrogens with one attached hydrogen (secondary N) is 2. The maximum atomic E-state index is 12.6. The highest BCUT2D eigenvalue weighted by Crippen LogP contribution is 2.20. The number of carbonyl (C=O) groups excluding carboxylic acids is 1. The summed E-state index contributed by atoms with van der Waals surface area (Å²) in [7, 11) is -7.16. The monoisotopic (exact) mass is 465 g/mol. The predicted octanol–water partition coefficient (Wildman–Crippen LogP) is 2.25. The maximum Gasteiger partial charge on any atom is 0.255 e. The summed E-state index contributed by atoms with van der Waals surface area (Å²) in [6, 6.07) is 12.5. The summed E-state index contributed by atoms with van der Waals surface area (Å²) in [5.74, 6) is -0.679. The van der Waals surface area contributed by atoms with E-state index in [1.54, 1.807) is 12.1 Å². The number of rotatable bonds is 8. The molecule has 0 bridgehead atoms. The van der Waals surface area contributed by atoms with Gasteiger partial charge >= 0.3 is 0 Å². The lowest BCUT2D eigenvalue weighted by Crippen LogP contribution is -2.35. The molecule has 168 valence electrons. The summed E-state index contributed by atoms with van der Waals surface area (Å²) in [4.78, 5) is 14.7. The molecule has 2 aromatic rings. The van der Waals surface area contributed by atoms with E-state index in [9.17, 15) is 21.6 Å². The van der Waals surface area contributed by atoms with Crippen LogP contribution < -0.4 is 14.9 Å². The van der Waals surface area contributed by atoms with E-state index < -0.39 is 31.8 Å². The lowest BCUT2D eigenvalue weighted by atomic mass is 10.2. The number of sulfone groups is 1. The normalized spacial score (nSPS) is 17.9. The molecule has 1 atom stereocenters. The van der Waals surface area contributed by atoms with E-state index in [0.29, 0.717) is 5.69 Å². The quantitative estimate of drug-likeness (QED) is 0.618. The van der Waals surface area contributed by atoms with Crippen LogP contribution in [0.15, 0.2) is 53.4 Å². The van der Waals surface area contributed by atoms with Gasteiger partial charge in [0.2, 0.25) is 10.0 Å². The third kappa shape index (κ3) is 5.84. The van der Waals surface area contributed by atoms with Gasteiger partial charge in [-0.1, -0.05) is 6.07 Å². The molecule has 10 heteroatoms. The van der Waals surface area contributed by atoms with Crippen molar-refractivity contribution in [2.24, 2.45) is 0 Å². The Morgan fingerprint density at radius 3 is 2.35 bits per heavy atom. The van der Waals surface area contributed by atoms with Gasteiger partial charge in [0.1, 0.15) is 0 Å². The van der Waals surface area contributed by atoms with Gasteiger partial charge in [-0.05, 0) is 62.7 Å². The summed E-state index contributed by atoms with van der Waals surface area (Å²) in [5, 5.41) is 2.77.